The number of rotatable bonds is 6. The Labute approximate surface area is 127 Å². The second kappa shape index (κ2) is 7.08. The van der Waals surface area contributed by atoms with E-state index in [1.54, 1.807) is 7.11 Å². The topological polar surface area (TPSA) is 72.3 Å². The van der Waals surface area contributed by atoms with Crippen LogP contribution in [0.25, 0.3) is 11.3 Å². The van der Waals surface area contributed by atoms with E-state index < -0.39 is 5.97 Å². The van der Waals surface area contributed by atoms with Gasteiger partial charge in [-0.1, -0.05) is 11.8 Å². The van der Waals surface area contributed by atoms with Crippen molar-refractivity contribution in [3.05, 3.63) is 36.0 Å². The molecule has 0 radical (unpaired) electrons. The van der Waals surface area contributed by atoms with Crippen molar-refractivity contribution in [2.75, 3.05) is 12.9 Å². The van der Waals surface area contributed by atoms with E-state index in [0.29, 0.717) is 10.9 Å². The Balaban J connectivity index is 2.19. The standard InChI is InChI=1S/C15H16N2O3S/c1-10-9-13(11-3-5-12(20-2)6-4-11)17-15(16-10)21-8-7-14(18)19/h3-6,9H,7-8H2,1-2H3,(H,18,19). The number of carboxylic acids is 1. The number of aryl methyl sites for hydroxylation is 1. The number of aromatic nitrogens is 2. The molecule has 6 heteroatoms. The first-order chi connectivity index (χ1) is 10.1. The highest BCUT2D eigenvalue weighted by atomic mass is 32.2. The van der Waals surface area contributed by atoms with Crippen LogP contribution in [0.15, 0.2) is 35.5 Å². The predicted molar refractivity (Wildman–Crippen MR) is 81.7 cm³/mol. The van der Waals surface area contributed by atoms with Gasteiger partial charge in [0.15, 0.2) is 5.16 Å². The molecular formula is C15H16N2O3S. The monoisotopic (exact) mass is 304 g/mol. The van der Waals surface area contributed by atoms with Crippen molar-refractivity contribution in [2.45, 2.75) is 18.5 Å². The summed E-state index contributed by atoms with van der Waals surface area (Å²) >= 11 is 1.35. The Morgan fingerprint density at radius 2 is 2.00 bits per heavy atom. The number of ether oxygens (including phenoxy) is 1. The van der Waals surface area contributed by atoms with Crippen molar-refractivity contribution in [1.82, 2.24) is 9.97 Å². The highest BCUT2D eigenvalue weighted by Gasteiger charge is 2.07. The van der Waals surface area contributed by atoms with E-state index in [4.69, 9.17) is 9.84 Å². The van der Waals surface area contributed by atoms with Crippen LogP contribution in [0.1, 0.15) is 12.1 Å². The molecule has 110 valence electrons. The predicted octanol–water partition coefficient (Wildman–Crippen LogP) is 3.03. The van der Waals surface area contributed by atoms with Crippen molar-refractivity contribution in [3.63, 3.8) is 0 Å². The van der Waals surface area contributed by atoms with E-state index in [2.05, 4.69) is 9.97 Å². The van der Waals surface area contributed by atoms with Crippen LogP contribution in [-0.4, -0.2) is 33.9 Å². The highest BCUT2D eigenvalue weighted by Crippen LogP contribution is 2.24. The second-order valence-electron chi connectivity index (χ2n) is 4.40. The summed E-state index contributed by atoms with van der Waals surface area (Å²) in [5.74, 6) is 0.437. The van der Waals surface area contributed by atoms with Gasteiger partial charge in [0.1, 0.15) is 5.75 Å². The molecule has 0 fully saturated rings. The van der Waals surface area contributed by atoms with Gasteiger partial charge in [-0.2, -0.15) is 0 Å². The van der Waals surface area contributed by atoms with Crippen molar-refractivity contribution < 1.29 is 14.6 Å². The fourth-order valence-corrected chi connectivity index (χ4v) is 2.58. The van der Waals surface area contributed by atoms with Crippen LogP contribution < -0.4 is 4.74 Å². The number of nitrogens with zero attached hydrogens (tertiary/aromatic N) is 2. The summed E-state index contributed by atoms with van der Waals surface area (Å²) in [6, 6.07) is 9.54. The largest absolute Gasteiger partial charge is 0.497 e. The molecule has 0 aliphatic carbocycles. The second-order valence-corrected chi connectivity index (χ2v) is 5.46. The molecule has 1 aromatic heterocycles. The van der Waals surface area contributed by atoms with Gasteiger partial charge in [0, 0.05) is 17.0 Å². The van der Waals surface area contributed by atoms with Gasteiger partial charge in [-0.05, 0) is 37.3 Å². The maximum absolute atomic E-state index is 10.5. The van der Waals surface area contributed by atoms with Crippen LogP contribution in [-0.2, 0) is 4.79 Å². The molecule has 0 aliphatic rings. The maximum atomic E-state index is 10.5. The molecule has 0 amide bonds. The zero-order chi connectivity index (χ0) is 15.2. The van der Waals surface area contributed by atoms with Gasteiger partial charge in [0.25, 0.3) is 0 Å². The average Bonchev–Trinajstić information content (AvgIpc) is 2.46. The molecule has 0 atom stereocenters. The molecule has 1 heterocycles. The number of thioether (sulfide) groups is 1. The third-order valence-corrected chi connectivity index (χ3v) is 3.62. The van der Waals surface area contributed by atoms with Gasteiger partial charge < -0.3 is 9.84 Å². The smallest absolute Gasteiger partial charge is 0.304 e. The molecule has 0 saturated heterocycles. The molecule has 0 spiro atoms. The Hall–Kier alpha value is -2.08. The van der Waals surface area contributed by atoms with E-state index in [1.165, 1.54) is 11.8 Å². The van der Waals surface area contributed by atoms with Gasteiger partial charge in [-0.25, -0.2) is 9.97 Å². The summed E-state index contributed by atoms with van der Waals surface area (Å²) in [5, 5.41) is 9.26. The quantitative estimate of drug-likeness (QED) is 0.653. The maximum Gasteiger partial charge on any atom is 0.304 e. The van der Waals surface area contributed by atoms with Gasteiger partial charge in [0.05, 0.1) is 19.2 Å². The van der Waals surface area contributed by atoms with E-state index in [0.717, 1.165) is 22.7 Å². The number of carbonyl (C=O) groups is 1. The lowest BCUT2D eigenvalue weighted by Gasteiger charge is -2.06. The molecule has 0 bridgehead atoms. The highest BCUT2D eigenvalue weighted by molar-refractivity contribution is 7.99. The van der Waals surface area contributed by atoms with Crippen LogP contribution in [0, 0.1) is 6.92 Å². The zero-order valence-electron chi connectivity index (χ0n) is 11.9. The third-order valence-electron chi connectivity index (χ3n) is 2.77. The zero-order valence-corrected chi connectivity index (χ0v) is 12.7. The molecular weight excluding hydrogens is 288 g/mol. The van der Waals surface area contributed by atoms with Crippen LogP contribution in [0.5, 0.6) is 5.75 Å². The lowest BCUT2D eigenvalue weighted by atomic mass is 10.1. The minimum absolute atomic E-state index is 0.0971. The van der Waals surface area contributed by atoms with E-state index in [-0.39, 0.29) is 6.42 Å². The fraction of sp³-hybridized carbons (Fsp3) is 0.267. The van der Waals surface area contributed by atoms with E-state index >= 15 is 0 Å². The lowest BCUT2D eigenvalue weighted by Crippen LogP contribution is -1.98. The van der Waals surface area contributed by atoms with Crippen molar-refractivity contribution in [2.24, 2.45) is 0 Å². The molecule has 0 aliphatic heterocycles. The van der Waals surface area contributed by atoms with Gasteiger partial charge in [0.2, 0.25) is 0 Å². The van der Waals surface area contributed by atoms with Crippen LogP contribution in [0.4, 0.5) is 0 Å². The Morgan fingerprint density at radius 1 is 1.29 bits per heavy atom. The van der Waals surface area contributed by atoms with Crippen molar-refractivity contribution in [1.29, 1.82) is 0 Å². The molecule has 0 saturated carbocycles. The SMILES string of the molecule is COc1ccc(-c2cc(C)nc(SCCC(=O)O)n2)cc1. The van der Waals surface area contributed by atoms with E-state index in [1.807, 2.05) is 37.3 Å². The van der Waals surface area contributed by atoms with Gasteiger partial charge >= 0.3 is 5.97 Å². The number of carboxylic acid groups (broad SMARTS) is 1. The van der Waals surface area contributed by atoms with Crippen LogP contribution in [0.2, 0.25) is 0 Å². The molecule has 0 unspecified atom stereocenters. The molecule has 21 heavy (non-hydrogen) atoms. The van der Waals surface area contributed by atoms with E-state index in [9.17, 15) is 4.79 Å². The normalized spacial score (nSPS) is 10.4. The summed E-state index contributed by atoms with van der Waals surface area (Å²) < 4.78 is 5.14. The average molecular weight is 304 g/mol. The van der Waals surface area contributed by atoms with Crippen LogP contribution in [0.3, 0.4) is 0 Å². The molecule has 5 nitrogen and oxygen atoms in total. The first-order valence-electron chi connectivity index (χ1n) is 6.43. The number of hydrogen-bond donors (Lipinski definition) is 1. The summed E-state index contributed by atoms with van der Waals surface area (Å²) in [6.07, 6.45) is 0.0971. The van der Waals surface area contributed by atoms with Crippen LogP contribution >= 0.6 is 11.8 Å². The first-order valence-corrected chi connectivity index (χ1v) is 7.42. The molecule has 2 aromatic rings. The third kappa shape index (κ3) is 4.46. The summed E-state index contributed by atoms with van der Waals surface area (Å²) in [5.41, 5.74) is 2.65. The van der Waals surface area contributed by atoms with Crippen molar-refractivity contribution in [3.8, 4) is 17.0 Å². The summed E-state index contributed by atoms with van der Waals surface area (Å²) in [4.78, 5) is 19.3. The molecule has 1 N–H and O–H groups in total. The lowest BCUT2D eigenvalue weighted by molar-refractivity contribution is -0.136. The van der Waals surface area contributed by atoms with Gasteiger partial charge in [-0.15, -0.1) is 0 Å². The molecule has 2 rings (SSSR count). The Bertz CT molecular complexity index is 629. The first kappa shape index (κ1) is 15.3. The summed E-state index contributed by atoms with van der Waals surface area (Å²) in [6.45, 7) is 1.90. The Morgan fingerprint density at radius 3 is 2.62 bits per heavy atom. The minimum Gasteiger partial charge on any atom is -0.497 e. The Kier molecular flexibility index (Phi) is 5.16. The van der Waals surface area contributed by atoms with Gasteiger partial charge in [-0.3, -0.25) is 4.79 Å². The summed E-state index contributed by atoms with van der Waals surface area (Å²) in [7, 11) is 1.63. The number of benzene rings is 1. The van der Waals surface area contributed by atoms with Crippen molar-refractivity contribution >= 4 is 17.7 Å². The number of methoxy groups -OCH3 is 1. The minimum atomic E-state index is -0.814. The number of aliphatic carboxylic acids is 1. The number of hydrogen-bond acceptors (Lipinski definition) is 5. The fourth-order valence-electron chi connectivity index (χ4n) is 1.75. The molecule has 1 aromatic carbocycles.